The van der Waals surface area contributed by atoms with Crippen LogP contribution in [-0.2, 0) is 0 Å². The van der Waals surface area contributed by atoms with Crippen LogP contribution in [0.5, 0.6) is 0 Å². The van der Waals surface area contributed by atoms with Crippen molar-refractivity contribution >= 4 is 21.4 Å². The van der Waals surface area contributed by atoms with E-state index in [9.17, 15) is 0 Å². The summed E-state index contributed by atoms with van der Waals surface area (Å²) in [6, 6.07) is 61.1. The number of pyridine rings is 1. The molecule has 0 atom stereocenters. The summed E-state index contributed by atoms with van der Waals surface area (Å²) in [4.78, 5) is 20.9. The van der Waals surface area contributed by atoms with Gasteiger partial charge in [0.05, 0.1) is 5.69 Å². The third kappa shape index (κ3) is 6.34. The monoisotopic (exact) mass is 670 g/mol. The first-order valence-electron chi connectivity index (χ1n) is 16.9. The first-order chi connectivity index (χ1) is 25.2. The molecule has 5 heteroatoms. The van der Waals surface area contributed by atoms with Gasteiger partial charge in [0.1, 0.15) is 0 Å². The van der Waals surface area contributed by atoms with Crippen molar-refractivity contribution in [3.8, 4) is 78.1 Å². The van der Waals surface area contributed by atoms with Gasteiger partial charge < -0.3 is 0 Å². The maximum atomic E-state index is 5.07. The molecule has 0 unspecified atom stereocenters. The predicted octanol–water partition coefficient (Wildman–Crippen LogP) is 12.2. The Balaban J connectivity index is 1.18. The largest absolute Gasteiger partial charge is 0.256 e. The molecule has 0 saturated heterocycles. The molecule has 6 aromatic carbocycles. The van der Waals surface area contributed by atoms with Crippen molar-refractivity contribution in [3.63, 3.8) is 0 Å². The first kappa shape index (κ1) is 30.5. The van der Waals surface area contributed by atoms with Gasteiger partial charge in [0.15, 0.2) is 17.5 Å². The number of aromatic nitrogens is 4. The predicted molar refractivity (Wildman–Crippen MR) is 211 cm³/mol. The molecule has 9 aromatic rings. The van der Waals surface area contributed by atoms with E-state index in [4.69, 9.17) is 15.0 Å². The van der Waals surface area contributed by atoms with Crippen molar-refractivity contribution in [2.45, 2.75) is 0 Å². The van der Waals surface area contributed by atoms with Crippen molar-refractivity contribution < 1.29 is 0 Å². The van der Waals surface area contributed by atoms with Crippen molar-refractivity contribution in [2.75, 3.05) is 0 Å². The van der Waals surface area contributed by atoms with Crippen molar-refractivity contribution in [2.24, 2.45) is 0 Å². The fourth-order valence-corrected chi connectivity index (χ4v) is 7.41. The summed E-state index contributed by atoms with van der Waals surface area (Å²) in [5, 5.41) is 1.27. The number of rotatable bonds is 7. The van der Waals surface area contributed by atoms with Crippen LogP contribution in [0.3, 0.4) is 0 Å². The summed E-state index contributed by atoms with van der Waals surface area (Å²) in [7, 11) is 0. The zero-order valence-corrected chi connectivity index (χ0v) is 28.3. The average Bonchev–Trinajstić information content (AvgIpc) is 3.66. The Kier molecular flexibility index (Phi) is 8.01. The highest BCUT2D eigenvalue weighted by atomic mass is 32.1. The van der Waals surface area contributed by atoms with E-state index < -0.39 is 0 Å². The lowest BCUT2D eigenvalue weighted by Gasteiger charge is -2.13. The van der Waals surface area contributed by atoms with Gasteiger partial charge in [-0.25, -0.2) is 15.0 Å². The smallest absolute Gasteiger partial charge is 0.164 e. The van der Waals surface area contributed by atoms with E-state index in [1.807, 2.05) is 96.4 Å². The molecule has 0 N–H and O–H groups in total. The average molecular weight is 671 g/mol. The molecule has 9 rings (SSSR count). The summed E-state index contributed by atoms with van der Waals surface area (Å²) in [6.45, 7) is 0. The minimum atomic E-state index is 0.623. The lowest BCUT2D eigenvalue weighted by molar-refractivity contribution is 1.07. The van der Waals surface area contributed by atoms with Crippen LogP contribution in [0.1, 0.15) is 0 Å². The number of thiophene rings is 1. The molecule has 0 bridgehead atoms. The van der Waals surface area contributed by atoms with Crippen LogP contribution >= 0.6 is 11.3 Å². The highest BCUT2D eigenvalue weighted by Crippen LogP contribution is 2.37. The molecule has 0 aliphatic heterocycles. The van der Waals surface area contributed by atoms with E-state index in [1.165, 1.54) is 20.5 Å². The zero-order valence-electron chi connectivity index (χ0n) is 27.5. The van der Waals surface area contributed by atoms with Gasteiger partial charge in [-0.05, 0) is 75.7 Å². The van der Waals surface area contributed by atoms with Crippen LogP contribution in [0.2, 0.25) is 0 Å². The second kappa shape index (κ2) is 13.4. The Morgan fingerprint density at radius 1 is 0.333 bits per heavy atom. The molecule has 0 radical (unpaired) electrons. The Hall–Kier alpha value is -6.56. The Morgan fingerprint density at radius 3 is 1.39 bits per heavy atom. The van der Waals surface area contributed by atoms with Gasteiger partial charge >= 0.3 is 0 Å². The molecule has 0 saturated carbocycles. The second-order valence-electron chi connectivity index (χ2n) is 12.4. The molecular weight excluding hydrogens is 641 g/mol. The Bertz CT molecular complexity index is 2510. The van der Waals surface area contributed by atoms with Gasteiger partial charge in [-0.3, -0.25) is 4.98 Å². The second-order valence-corrected chi connectivity index (χ2v) is 13.4. The third-order valence-electron chi connectivity index (χ3n) is 9.00. The minimum Gasteiger partial charge on any atom is -0.256 e. The molecule has 0 aliphatic carbocycles. The van der Waals surface area contributed by atoms with E-state index in [-0.39, 0.29) is 0 Å². The Morgan fingerprint density at radius 2 is 0.824 bits per heavy atom. The van der Waals surface area contributed by atoms with Gasteiger partial charge in [0.25, 0.3) is 0 Å². The normalized spacial score (nSPS) is 11.1. The summed E-state index contributed by atoms with van der Waals surface area (Å²) < 4.78 is 1.30. The molecule has 240 valence electrons. The highest BCUT2D eigenvalue weighted by Gasteiger charge is 2.15. The highest BCUT2D eigenvalue weighted by molar-refractivity contribution is 7.22. The summed E-state index contributed by atoms with van der Waals surface area (Å²) in [6.07, 6.45) is 1.83. The number of nitrogens with zero attached hydrogens (tertiary/aromatic N) is 4. The summed E-state index contributed by atoms with van der Waals surface area (Å²) in [5.41, 5.74) is 10.4. The quantitative estimate of drug-likeness (QED) is 0.169. The van der Waals surface area contributed by atoms with Crippen molar-refractivity contribution in [1.82, 2.24) is 19.9 Å². The topological polar surface area (TPSA) is 51.6 Å². The summed E-state index contributed by atoms with van der Waals surface area (Å²) >= 11 is 1.82. The molecule has 0 amide bonds. The first-order valence-corrected chi connectivity index (χ1v) is 17.7. The third-order valence-corrected chi connectivity index (χ3v) is 10.2. The van der Waals surface area contributed by atoms with Crippen molar-refractivity contribution in [1.29, 1.82) is 0 Å². The lowest BCUT2D eigenvalue weighted by Crippen LogP contribution is -2.00. The molecule has 0 aliphatic rings. The molecule has 0 spiro atoms. The molecule has 3 heterocycles. The molecule has 0 fully saturated rings. The standard InChI is InChI=1S/C46H30N4S/c1-3-11-35(12-4-1)44-48-45(36-13-5-2-6-14-36)50-46(49-44)40-28-38(31-18-22-33(23-19-31)41-16-9-10-26-47-41)27-39(29-40)32-20-24-34(25-21-32)43-30-37-15-7-8-17-42(37)51-43/h1-30H. The van der Waals surface area contributed by atoms with Crippen molar-refractivity contribution in [3.05, 3.63) is 182 Å². The molecule has 4 nitrogen and oxygen atoms in total. The SMILES string of the molecule is c1ccc(-c2nc(-c3ccccc3)nc(-c3cc(-c4ccc(-c5ccccn5)cc4)cc(-c4ccc(-c5cc6ccccc6s5)cc4)c3)n2)cc1. The lowest BCUT2D eigenvalue weighted by atomic mass is 9.94. The van der Waals surface area contributed by atoms with Crippen LogP contribution in [0, 0.1) is 0 Å². The van der Waals surface area contributed by atoms with E-state index >= 15 is 0 Å². The van der Waals surface area contributed by atoms with Crippen LogP contribution in [-0.4, -0.2) is 19.9 Å². The number of benzene rings is 6. The van der Waals surface area contributed by atoms with Crippen LogP contribution in [0.25, 0.3) is 88.2 Å². The fourth-order valence-electron chi connectivity index (χ4n) is 6.35. The van der Waals surface area contributed by atoms with E-state index in [2.05, 4.69) is 102 Å². The van der Waals surface area contributed by atoms with E-state index in [1.54, 1.807) is 0 Å². The zero-order chi connectivity index (χ0) is 34.0. The van der Waals surface area contributed by atoms with Gasteiger partial charge in [0.2, 0.25) is 0 Å². The minimum absolute atomic E-state index is 0.623. The molecular formula is C46H30N4S. The maximum absolute atomic E-state index is 5.07. The molecule has 51 heavy (non-hydrogen) atoms. The van der Waals surface area contributed by atoms with E-state index in [0.29, 0.717) is 17.5 Å². The Labute approximate surface area is 300 Å². The summed E-state index contributed by atoms with van der Waals surface area (Å²) in [5.74, 6) is 1.90. The van der Waals surface area contributed by atoms with Gasteiger partial charge in [-0.15, -0.1) is 11.3 Å². The van der Waals surface area contributed by atoms with Crippen LogP contribution in [0.4, 0.5) is 0 Å². The van der Waals surface area contributed by atoms with Crippen LogP contribution < -0.4 is 0 Å². The van der Waals surface area contributed by atoms with Gasteiger partial charge in [0, 0.05) is 38.0 Å². The fraction of sp³-hybridized carbons (Fsp3) is 0. The van der Waals surface area contributed by atoms with Crippen LogP contribution in [0.15, 0.2) is 182 Å². The number of hydrogen-bond donors (Lipinski definition) is 0. The number of fused-ring (bicyclic) bond motifs is 1. The van der Waals surface area contributed by atoms with Gasteiger partial charge in [-0.1, -0.05) is 133 Å². The number of hydrogen-bond acceptors (Lipinski definition) is 5. The van der Waals surface area contributed by atoms with E-state index in [0.717, 1.165) is 50.2 Å². The maximum Gasteiger partial charge on any atom is 0.164 e. The van der Waals surface area contributed by atoms with Gasteiger partial charge in [-0.2, -0.15) is 0 Å². The molecule has 3 aromatic heterocycles.